The van der Waals surface area contributed by atoms with E-state index < -0.39 is 0 Å². The second-order valence-corrected chi connectivity index (χ2v) is 5.05. The van der Waals surface area contributed by atoms with E-state index in [4.69, 9.17) is 0 Å². The molecule has 2 nitrogen and oxygen atoms in total. The summed E-state index contributed by atoms with van der Waals surface area (Å²) in [6, 6.07) is 6.60. The van der Waals surface area contributed by atoms with Crippen LogP contribution in [-0.2, 0) is 0 Å². The molecule has 1 N–H and O–H groups in total. The number of anilines is 2. The molecule has 1 aliphatic rings. The molecule has 0 unspecified atom stereocenters. The summed E-state index contributed by atoms with van der Waals surface area (Å²) in [5.74, 6) is 1.01. The maximum absolute atomic E-state index is 3.51. The maximum Gasteiger partial charge on any atom is 0.0411 e. The van der Waals surface area contributed by atoms with Crippen molar-refractivity contribution >= 4 is 11.4 Å². The van der Waals surface area contributed by atoms with E-state index in [9.17, 15) is 0 Å². The predicted molar refractivity (Wildman–Crippen MR) is 71.3 cm³/mol. The minimum atomic E-state index is 1.01. The Hall–Kier alpha value is -1.18. The molecule has 0 amide bonds. The summed E-state index contributed by atoms with van der Waals surface area (Å²) in [7, 11) is 4.19. The first kappa shape index (κ1) is 11.3. The van der Waals surface area contributed by atoms with Crippen LogP contribution in [0.2, 0.25) is 0 Å². The van der Waals surface area contributed by atoms with Crippen LogP contribution in [0.15, 0.2) is 18.2 Å². The average molecular weight is 218 g/mol. The molecular formula is C14H22N2. The Labute approximate surface area is 98.7 Å². The van der Waals surface area contributed by atoms with Crippen molar-refractivity contribution in [3.8, 4) is 0 Å². The van der Waals surface area contributed by atoms with Crippen LogP contribution >= 0.6 is 0 Å². The summed E-state index contributed by atoms with van der Waals surface area (Å²) in [5.41, 5.74) is 3.88. The first-order valence-corrected chi connectivity index (χ1v) is 6.18. The average Bonchev–Trinajstić information content (AvgIpc) is 3.04. The van der Waals surface area contributed by atoms with Gasteiger partial charge in [-0.1, -0.05) is 18.9 Å². The lowest BCUT2D eigenvalue weighted by atomic mass is 10.1. The maximum atomic E-state index is 3.51. The first-order valence-electron chi connectivity index (χ1n) is 6.18. The molecule has 1 saturated carbocycles. The van der Waals surface area contributed by atoms with Gasteiger partial charge in [0.15, 0.2) is 0 Å². The lowest BCUT2D eigenvalue weighted by molar-refractivity contribution is 0.760. The Morgan fingerprint density at radius 2 is 2.06 bits per heavy atom. The van der Waals surface area contributed by atoms with Crippen molar-refractivity contribution < 1.29 is 0 Å². The van der Waals surface area contributed by atoms with E-state index in [2.05, 4.69) is 49.4 Å². The lowest BCUT2D eigenvalue weighted by Gasteiger charge is -2.17. The molecule has 1 aromatic rings. The summed E-state index contributed by atoms with van der Waals surface area (Å²) in [5, 5.41) is 3.51. The minimum absolute atomic E-state index is 1.01. The van der Waals surface area contributed by atoms with E-state index in [0.717, 1.165) is 12.5 Å². The summed E-state index contributed by atoms with van der Waals surface area (Å²) in [6.45, 7) is 3.27. The molecule has 1 aliphatic carbocycles. The van der Waals surface area contributed by atoms with Gasteiger partial charge in [-0.25, -0.2) is 0 Å². The van der Waals surface area contributed by atoms with Crippen LogP contribution in [-0.4, -0.2) is 20.6 Å². The number of aryl methyl sites for hydroxylation is 1. The van der Waals surface area contributed by atoms with E-state index >= 15 is 0 Å². The second kappa shape index (κ2) is 4.77. The summed E-state index contributed by atoms with van der Waals surface area (Å²) < 4.78 is 0. The molecule has 1 fully saturated rings. The Bertz CT molecular complexity index is 354. The summed E-state index contributed by atoms with van der Waals surface area (Å²) in [4.78, 5) is 2.17. The van der Waals surface area contributed by atoms with Crippen LogP contribution in [0.1, 0.15) is 24.8 Å². The molecular weight excluding hydrogens is 196 g/mol. The van der Waals surface area contributed by atoms with Crippen LogP contribution in [0.4, 0.5) is 11.4 Å². The molecule has 2 rings (SSSR count). The van der Waals surface area contributed by atoms with Crippen molar-refractivity contribution in [2.75, 3.05) is 30.9 Å². The molecule has 2 heteroatoms. The van der Waals surface area contributed by atoms with Crippen LogP contribution in [0.3, 0.4) is 0 Å². The van der Waals surface area contributed by atoms with Crippen molar-refractivity contribution in [3.63, 3.8) is 0 Å². The molecule has 0 radical (unpaired) electrons. The normalized spacial score (nSPS) is 14.9. The monoisotopic (exact) mass is 218 g/mol. The number of nitrogens with one attached hydrogen (secondary N) is 1. The fraction of sp³-hybridized carbons (Fsp3) is 0.571. The molecule has 88 valence electrons. The topological polar surface area (TPSA) is 15.3 Å². The standard InChI is InChI=1S/C14H22N2/c1-11-4-7-13(10-14(11)16(2)3)15-9-8-12-5-6-12/h4,7,10,12,15H,5-6,8-9H2,1-3H3. The number of benzene rings is 1. The van der Waals surface area contributed by atoms with Gasteiger partial charge in [-0.3, -0.25) is 0 Å². The molecule has 0 aliphatic heterocycles. The highest BCUT2D eigenvalue weighted by molar-refractivity contribution is 5.61. The summed E-state index contributed by atoms with van der Waals surface area (Å²) >= 11 is 0. The number of hydrogen-bond donors (Lipinski definition) is 1. The highest BCUT2D eigenvalue weighted by Gasteiger charge is 2.20. The minimum Gasteiger partial charge on any atom is -0.385 e. The quantitative estimate of drug-likeness (QED) is 0.816. The van der Waals surface area contributed by atoms with E-state index in [1.54, 1.807) is 0 Å². The van der Waals surface area contributed by atoms with Gasteiger partial charge in [0.05, 0.1) is 0 Å². The van der Waals surface area contributed by atoms with Crippen molar-refractivity contribution in [1.29, 1.82) is 0 Å². The first-order chi connectivity index (χ1) is 7.66. The lowest BCUT2D eigenvalue weighted by Crippen LogP contribution is -2.11. The molecule has 0 atom stereocenters. The number of hydrogen-bond acceptors (Lipinski definition) is 2. The van der Waals surface area contributed by atoms with Gasteiger partial charge >= 0.3 is 0 Å². The van der Waals surface area contributed by atoms with Crippen molar-refractivity contribution in [2.45, 2.75) is 26.2 Å². The molecule has 0 spiro atoms. The highest BCUT2D eigenvalue weighted by Crippen LogP contribution is 2.32. The van der Waals surface area contributed by atoms with Crippen molar-refractivity contribution in [2.24, 2.45) is 5.92 Å². The number of nitrogens with zero attached hydrogens (tertiary/aromatic N) is 1. The Kier molecular flexibility index (Phi) is 3.37. The zero-order valence-corrected chi connectivity index (χ0v) is 10.6. The fourth-order valence-corrected chi connectivity index (χ4v) is 2.03. The second-order valence-electron chi connectivity index (χ2n) is 5.05. The zero-order valence-electron chi connectivity index (χ0n) is 10.6. The van der Waals surface area contributed by atoms with E-state index in [1.807, 2.05) is 0 Å². The van der Waals surface area contributed by atoms with Gasteiger partial charge in [-0.15, -0.1) is 0 Å². The van der Waals surface area contributed by atoms with E-state index in [0.29, 0.717) is 0 Å². The van der Waals surface area contributed by atoms with E-state index in [-0.39, 0.29) is 0 Å². The van der Waals surface area contributed by atoms with Crippen LogP contribution in [0, 0.1) is 12.8 Å². The van der Waals surface area contributed by atoms with Crippen molar-refractivity contribution in [3.05, 3.63) is 23.8 Å². The third kappa shape index (κ3) is 2.91. The van der Waals surface area contributed by atoms with Gasteiger partial charge < -0.3 is 10.2 Å². The van der Waals surface area contributed by atoms with Gasteiger partial charge in [0.2, 0.25) is 0 Å². The smallest absolute Gasteiger partial charge is 0.0411 e. The van der Waals surface area contributed by atoms with Gasteiger partial charge in [0, 0.05) is 32.0 Å². The van der Waals surface area contributed by atoms with Crippen molar-refractivity contribution in [1.82, 2.24) is 0 Å². The van der Waals surface area contributed by atoms with E-state index in [1.165, 1.54) is 36.2 Å². The molecule has 0 heterocycles. The Balaban J connectivity index is 1.94. The van der Waals surface area contributed by atoms with Gasteiger partial charge in [0.25, 0.3) is 0 Å². The van der Waals surface area contributed by atoms with Crippen LogP contribution in [0.5, 0.6) is 0 Å². The molecule has 0 saturated heterocycles. The van der Waals surface area contributed by atoms with Gasteiger partial charge in [-0.05, 0) is 37.0 Å². The third-order valence-corrected chi connectivity index (χ3v) is 3.27. The summed E-state index contributed by atoms with van der Waals surface area (Å²) in [6.07, 6.45) is 4.21. The SMILES string of the molecule is Cc1ccc(NCCC2CC2)cc1N(C)C. The number of rotatable bonds is 5. The van der Waals surface area contributed by atoms with Crippen LogP contribution in [0.25, 0.3) is 0 Å². The fourth-order valence-electron chi connectivity index (χ4n) is 2.03. The molecule has 0 aromatic heterocycles. The van der Waals surface area contributed by atoms with Gasteiger partial charge in [-0.2, -0.15) is 0 Å². The Morgan fingerprint density at radius 3 is 2.69 bits per heavy atom. The van der Waals surface area contributed by atoms with Crippen LogP contribution < -0.4 is 10.2 Å². The van der Waals surface area contributed by atoms with Gasteiger partial charge in [0.1, 0.15) is 0 Å². The largest absolute Gasteiger partial charge is 0.385 e. The molecule has 1 aromatic carbocycles. The molecule has 0 bridgehead atoms. The highest BCUT2D eigenvalue weighted by atomic mass is 15.1. The zero-order chi connectivity index (χ0) is 11.5. The predicted octanol–water partition coefficient (Wildman–Crippen LogP) is 3.27. The molecule has 16 heavy (non-hydrogen) atoms. The Morgan fingerprint density at radius 1 is 1.31 bits per heavy atom. The third-order valence-electron chi connectivity index (χ3n) is 3.27.